The highest BCUT2D eigenvalue weighted by Gasteiger charge is 2.38. The van der Waals surface area contributed by atoms with E-state index >= 15 is 0 Å². The van der Waals surface area contributed by atoms with Crippen LogP contribution < -0.4 is 10.2 Å². The molecule has 0 bridgehead atoms. The maximum Gasteiger partial charge on any atom is 0.248 e. The van der Waals surface area contributed by atoms with Crippen molar-refractivity contribution in [2.24, 2.45) is 5.92 Å². The van der Waals surface area contributed by atoms with Crippen molar-refractivity contribution in [1.82, 2.24) is 5.32 Å². The zero-order valence-corrected chi connectivity index (χ0v) is 11.9. The number of nitrogens with zero attached hydrogens (tertiary/aromatic N) is 1. The van der Waals surface area contributed by atoms with E-state index in [2.05, 4.69) is 45.1 Å². The lowest BCUT2D eigenvalue weighted by atomic mass is 9.99. The van der Waals surface area contributed by atoms with Gasteiger partial charge in [0.1, 0.15) is 6.04 Å². The first kappa shape index (κ1) is 13.1. The van der Waals surface area contributed by atoms with Crippen LogP contribution in [0.2, 0.25) is 0 Å². The molecule has 1 unspecified atom stereocenters. The van der Waals surface area contributed by atoms with Gasteiger partial charge in [-0.3, -0.25) is 4.79 Å². The highest BCUT2D eigenvalue weighted by Crippen LogP contribution is 2.40. The summed E-state index contributed by atoms with van der Waals surface area (Å²) in [6, 6.07) is 4.02. The standard InChI is InChI=1S/C15H22N2O/c1-9(2)8-17-14-11(4)7-6-10(3)12(14)13(16-5)15(17)18/h6-7,9,13,16H,8H2,1-5H3. The molecule has 3 heteroatoms. The van der Waals surface area contributed by atoms with E-state index in [0.717, 1.165) is 17.8 Å². The summed E-state index contributed by atoms with van der Waals surface area (Å²) in [6.45, 7) is 9.23. The Kier molecular flexibility index (Phi) is 3.44. The molecule has 18 heavy (non-hydrogen) atoms. The summed E-state index contributed by atoms with van der Waals surface area (Å²) in [7, 11) is 1.85. The van der Waals surface area contributed by atoms with Gasteiger partial charge in [-0.1, -0.05) is 26.0 Å². The molecule has 1 aromatic rings. The smallest absolute Gasteiger partial charge is 0.248 e. The minimum absolute atomic E-state index is 0.179. The van der Waals surface area contributed by atoms with Gasteiger partial charge in [0.15, 0.2) is 0 Å². The minimum atomic E-state index is -0.182. The van der Waals surface area contributed by atoms with Crippen molar-refractivity contribution >= 4 is 11.6 Å². The Labute approximate surface area is 109 Å². The van der Waals surface area contributed by atoms with Crippen molar-refractivity contribution in [3.8, 4) is 0 Å². The molecular formula is C15H22N2O. The Morgan fingerprint density at radius 3 is 2.44 bits per heavy atom. The van der Waals surface area contributed by atoms with Crippen LogP contribution in [0.15, 0.2) is 12.1 Å². The number of rotatable bonds is 3. The molecule has 0 aromatic heterocycles. The number of benzene rings is 1. The molecule has 0 aliphatic carbocycles. The molecule has 3 nitrogen and oxygen atoms in total. The fourth-order valence-electron chi connectivity index (χ4n) is 2.74. The number of likely N-dealkylation sites (N-methyl/N-ethyl adjacent to an activating group) is 1. The monoisotopic (exact) mass is 246 g/mol. The summed E-state index contributed by atoms with van der Waals surface area (Å²) in [6.07, 6.45) is 0. The van der Waals surface area contributed by atoms with Gasteiger partial charge in [-0.05, 0) is 37.9 Å². The SMILES string of the molecule is CNC1C(=O)N(CC(C)C)c2c(C)ccc(C)c21. The van der Waals surface area contributed by atoms with Gasteiger partial charge in [0.25, 0.3) is 0 Å². The molecule has 1 aliphatic heterocycles. The van der Waals surface area contributed by atoms with Gasteiger partial charge in [-0.25, -0.2) is 0 Å². The van der Waals surface area contributed by atoms with Crippen LogP contribution in [0.3, 0.4) is 0 Å². The van der Waals surface area contributed by atoms with Crippen molar-refractivity contribution in [3.05, 3.63) is 28.8 Å². The van der Waals surface area contributed by atoms with E-state index in [1.807, 2.05) is 11.9 Å². The molecule has 0 fully saturated rings. The molecule has 0 saturated heterocycles. The number of fused-ring (bicyclic) bond motifs is 1. The van der Waals surface area contributed by atoms with E-state index in [4.69, 9.17) is 0 Å². The quantitative estimate of drug-likeness (QED) is 0.889. The van der Waals surface area contributed by atoms with E-state index in [9.17, 15) is 4.79 Å². The predicted molar refractivity (Wildman–Crippen MR) is 74.9 cm³/mol. The number of anilines is 1. The third kappa shape index (κ3) is 1.93. The van der Waals surface area contributed by atoms with Crippen LogP contribution in [0, 0.1) is 19.8 Å². The fraction of sp³-hybridized carbons (Fsp3) is 0.533. The van der Waals surface area contributed by atoms with Crippen LogP contribution in [0.4, 0.5) is 5.69 Å². The van der Waals surface area contributed by atoms with E-state index in [0.29, 0.717) is 5.92 Å². The van der Waals surface area contributed by atoms with Crippen LogP contribution in [0.25, 0.3) is 0 Å². The predicted octanol–water partition coefficient (Wildman–Crippen LogP) is 2.57. The zero-order valence-electron chi connectivity index (χ0n) is 11.9. The molecule has 1 heterocycles. The summed E-state index contributed by atoms with van der Waals surface area (Å²) < 4.78 is 0. The van der Waals surface area contributed by atoms with Crippen molar-refractivity contribution in [3.63, 3.8) is 0 Å². The van der Waals surface area contributed by atoms with E-state index in [-0.39, 0.29) is 11.9 Å². The fourth-order valence-corrected chi connectivity index (χ4v) is 2.74. The van der Waals surface area contributed by atoms with Crippen LogP contribution in [0.5, 0.6) is 0 Å². The molecule has 0 spiro atoms. The van der Waals surface area contributed by atoms with Gasteiger partial charge in [0.05, 0.1) is 5.69 Å². The Morgan fingerprint density at radius 1 is 1.28 bits per heavy atom. The van der Waals surface area contributed by atoms with E-state index in [1.54, 1.807) is 0 Å². The minimum Gasteiger partial charge on any atom is -0.310 e. The lowest BCUT2D eigenvalue weighted by molar-refractivity contribution is -0.120. The molecule has 0 radical (unpaired) electrons. The molecule has 1 N–H and O–H groups in total. The maximum atomic E-state index is 12.5. The number of carbonyl (C=O) groups excluding carboxylic acids is 1. The molecule has 1 amide bonds. The van der Waals surface area contributed by atoms with Gasteiger partial charge in [-0.2, -0.15) is 0 Å². The van der Waals surface area contributed by atoms with Crippen molar-refractivity contribution in [1.29, 1.82) is 0 Å². The Hall–Kier alpha value is -1.35. The summed E-state index contributed by atoms with van der Waals surface area (Å²) in [5, 5.41) is 3.15. The third-order valence-corrected chi connectivity index (χ3v) is 3.54. The Bertz CT molecular complexity index is 480. The average molecular weight is 246 g/mol. The van der Waals surface area contributed by atoms with Gasteiger partial charge >= 0.3 is 0 Å². The van der Waals surface area contributed by atoms with Gasteiger partial charge < -0.3 is 10.2 Å². The van der Waals surface area contributed by atoms with E-state index < -0.39 is 0 Å². The molecule has 1 aromatic carbocycles. The number of hydrogen-bond acceptors (Lipinski definition) is 2. The largest absolute Gasteiger partial charge is 0.310 e. The van der Waals surface area contributed by atoms with Crippen LogP contribution in [-0.4, -0.2) is 19.5 Å². The second-order valence-corrected chi connectivity index (χ2v) is 5.53. The van der Waals surface area contributed by atoms with Crippen molar-refractivity contribution < 1.29 is 4.79 Å². The first-order valence-corrected chi connectivity index (χ1v) is 6.56. The second-order valence-electron chi connectivity index (χ2n) is 5.53. The van der Waals surface area contributed by atoms with Crippen LogP contribution >= 0.6 is 0 Å². The lowest BCUT2D eigenvalue weighted by Crippen LogP contribution is -2.35. The molecule has 1 aliphatic rings. The lowest BCUT2D eigenvalue weighted by Gasteiger charge is -2.21. The highest BCUT2D eigenvalue weighted by atomic mass is 16.2. The topological polar surface area (TPSA) is 32.3 Å². The Morgan fingerprint density at radius 2 is 1.89 bits per heavy atom. The second kappa shape index (κ2) is 4.73. The number of hydrogen-bond donors (Lipinski definition) is 1. The number of nitrogens with one attached hydrogen (secondary N) is 1. The molecule has 2 rings (SSSR count). The highest BCUT2D eigenvalue weighted by molar-refractivity contribution is 6.06. The van der Waals surface area contributed by atoms with Gasteiger partial charge in [0.2, 0.25) is 5.91 Å². The summed E-state index contributed by atoms with van der Waals surface area (Å²) in [4.78, 5) is 14.4. The number of carbonyl (C=O) groups is 1. The van der Waals surface area contributed by atoms with Gasteiger partial charge in [0, 0.05) is 12.1 Å². The molecule has 98 valence electrons. The maximum absolute atomic E-state index is 12.5. The van der Waals surface area contributed by atoms with Crippen molar-refractivity contribution in [2.75, 3.05) is 18.5 Å². The first-order valence-electron chi connectivity index (χ1n) is 6.56. The third-order valence-electron chi connectivity index (χ3n) is 3.54. The van der Waals surface area contributed by atoms with Gasteiger partial charge in [-0.15, -0.1) is 0 Å². The van der Waals surface area contributed by atoms with Crippen molar-refractivity contribution in [2.45, 2.75) is 33.7 Å². The summed E-state index contributed by atoms with van der Waals surface area (Å²) >= 11 is 0. The Balaban J connectivity index is 2.56. The average Bonchev–Trinajstić information content (AvgIpc) is 2.58. The molecule has 0 saturated carbocycles. The van der Waals surface area contributed by atoms with Crippen LogP contribution in [0.1, 0.15) is 36.6 Å². The summed E-state index contributed by atoms with van der Waals surface area (Å²) in [5.41, 5.74) is 4.65. The molecule has 1 atom stereocenters. The van der Waals surface area contributed by atoms with Crippen LogP contribution in [-0.2, 0) is 4.79 Å². The first-order chi connectivity index (χ1) is 8.47. The zero-order chi connectivity index (χ0) is 13.4. The number of aryl methyl sites for hydroxylation is 2. The summed E-state index contributed by atoms with van der Waals surface area (Å²) in [5.74, 6) is 0.649. The molecular weight excluding hydrogens is 224 g/mol. The van der Waals surface area contributed by atoms with E-state index in [1.165, 1.54) is 11.1 Å². The number of amides is 1. The normalized spacial score (nSPS) is 18.7.